The van der Waals surface area contributed by atoms with Gasteiger partial charge in [0, 0.05) is 30.0 Å². The Morgan fingerprint density at radius 1 is 1.03 bits per heavy atom. The third-order valence-corrected chi connectivity index (χ3v) is 5.29. The topological polar surface area (TPSA) is 80.1 Å². The lowest BCUT2D eigenvalue weighted by atomic mass is 10.2. The fourth-order valence-electron chi connectivity index (χ4n) is 2.81. The molecule has 0 aliphatic rings. The number of thioether (sulfide) groups is 1. The average Bonchev–Trinajstić information content (AvgIpc) is 3.23. The quantitative estimate of drug-likeness (QED) is 0.576. The highest BCUT2D eigenvalue weighted by Gasteiger charge is 2.13. The number of amides is 2. The molecule has 0 atom stereocenters. The van der Waals surface area contributed by atoms with E-state index in [1.54, 1.807) is 35.5 Å². The summed E-state index contributed by atoms with van der Waals surface area (Å²) in [6.07, 6.45) is 1.63. The van der Waals surface area contributed by atoms with Crippen molar-refractivity contribution in [1.82, 2.24) is 19.7 Å². The van der Waals surface area contributed by atoms with Gasteiger partial charge in [0.15, 0.2) is 5.16 Å². The Morgan fingerprint density at radius 3 is 2.38 bits per heavy atom. The zero-order valence-electron chi connectivity index (χ0n) is 16.4. The number of anilines is 1. The number of benzene rings is 2. The van der Waals surface area contributed by atoms with Gasteiger partial charge in [-0.2, -0.15) is 0 Å². The number of carbonyl (C=O) groups is 2. The van der Waals surface area contributed by atoms with Gasteiger partial charge in [-0.3, -0.25) is 14.2 Å². The number of carbonyl (C=O) groups excluding carboxylic acids is 2. The molecule has 7 nitrogen and oxygen atoms in total. The van der Waals surface area contributed by atoms with E-state index in [2.05, 4.69) is 15.5 Å². The Balaban J connectivity index is 1.57. The summed E-state index contributed by atoms with van der Waals surface area (Å²) in [5, 5.41) is 11.5. The number of nitrogens with one attached hydrogen (secondary N) is 1. The van der Waals surface area contributed by atoms with Crippen LogP contribution in [0.4, 0.5) is 5.69 Å². The van der Waals surface area contributed by atoms with Crippen LogP contribution in [0.2, 0.25) is 0 Å². The van der Waals surface area contributed by atoms with E-state index >= 15 is 0 Å². The zero-order chi connectivity index (χ0) is 20.6. The first kappa shape index (κ1) is 20.6. The maximum absolute atomic E-state index is 12.3. The predicted octanol–water partition coefficient (Wildman–Crippen LogP) is 3.48. The van der Waals surface area contributed by atoms with Crippen LogP contribution in [-0.4, -0.2) is 50.3 Å². The molecule has 1 aromatic heterocycles. The summed E-state index contributed by atoms with van der Waals surface area (Å²) in [7, 11) is 0. The van der Waals surface area contributed by atoms with Gasteiger partial charge in [-0.15, -0.1) is 10.2 Å². The second-order valence-electron chi connectivity index (χ2n) is 6.21. The molecule has 0 saturated carbocycles. The van der Waals surface area contributed by atoms with Crippen LogP contribution in [0.5, 0.6) is 0 Å². The van der Waals surface area contributed by atoms with E-state index in [1.807, 2.05) is 48.7 Å². The minimum absolute atomic E-state index is 0.0105. The molecule has 3 aromatic rings. The zero-order valence-corrected chi connectivity index (χ0v) is 17.2. The monoisotopic (exact) mass is 409 g/mol. The van der Waals surface area contributed by atoms with Crippen molar-refractivity contribution >= 4 is 29.3 Å². The van der Waals surface area contributed by atoms with Gasteiger partial charge >= 0.3 is 0 Å². The summed E-state index contributed by atoms with van der Waals surface area (Å²) in [5.41, 5.74) is 2.20. The molecule has 0 saturated heterocycles. The molecule has 0 unspecified atom stereocenters. The highest BCUT2D eigenvalue weighted by Crippen LogP contribution is 2.20. The van der Waals surface area contributed by atoms with Crippen molar-refractivity contribution in [2.75, 3.05) is 24.2 Å². The largest absolute Gasteiger partial charge is 0.339 e. The van der Waals surface area contributed by atoms with E-state index in [0.29, 0.717) is 29.5 Å². The predicted molar refractivity (Wildman–Crippen MR) is 114 cm³/mol. The number of aromatic nitrogens is 3. The Bertz CT molecular complexity index is 953. The minimum Gasteiger partial charge on any atom is -0.339 e. The normalized spacial score (nSPS) is 10.6. The number of rotatable bonds is 8. The molecule has 0 bridgehead atoms. The molecule has 3 rings (SSSR count). The third-order valence-electron chi connectivity index (χ3n) is 4.35. The Hall–Kier alpha value is -3.13. The summed E-state index contributed by atoms with van der Waals surface area (Å²) < 4.78 is 1.84. The van der Waals surface area contributed by atoms with Crippen LogP contribution in [0.3, 0.4) is 0 Å². The SMILES string of the molecule is CCN(CC)C(=O)c1ccc(NC(=O)CSc2nncn2-c2ccccc2)cc1. The summed E-state index contributed by atoms with van der Waals surface area (Å²) in [4.78, 5) is 26.4. The highest BCUT2D eigenvalue weighted by atomic mass is 32.2. The van der Waals surface area contributed by atoms with Crippen LogP contribution in [0.15, 0.2) is 66.1 Å². The van der Waals surface area contributed by atoms with Gasteiger partial charge in [0.2, 0.25) is 5.91 Å². The molecule has 0 aliphatic carbocycles. The van der Waals surface area contributed by atoms with Gasteiger partial charge in [-0.1, -0.05) is 30.0 Å². The van der Waals surface area contributed by atoms with Gasteiger partial charge in [-0.25, -0.2) is 0 Å². The van der Waals surface area contributed by atoms with E-state index in [9.17, 15) is 9.59 Å². The van der Waals surface area contributed by atoms with Crippen LogP contribution >= 0.6 is 11.8 Å². The number of para-hydroxylation sites is 1. The molecule has 0 spiro atoms. The van der Waals surface area contributed by atoms with E-state index in [-0.39, 0.29) is 17.6 Å². The van der Waals surface area contributed by atoms with Crippen LogP contribution in [0.25, 0.3) is 5.69 Å². The first-order valence-electron chi connectivity index (χ1n) is 9.39. The van der Waals surface area contributed by atoms with Crippen LogP contribution < -0.4 is 5.32 Å². The molecule has 0 radical (unpaired) electrons. The van der Waals surface area contributed by atoms with Crippen molar-refractivity contribution in [3.63, 3.8) is 0 Å². The maximum atomic E-state index is 12.3. The van der Waals surface area contributed by atoms with Gasteiger partial charge in [-0.05, 0) is 50.2 Å². The van der Waals surface area contributed by atoms with E-state index in [4.69, 9.17) is 0 Å². The lowest BCUT2D eigenvalue weighted by Crippen LogP contribution is -2.30. The molecule has 0 aliphatic heterocycles. The lowest BCUT2D eigenvalue weighted by Gasteiger charge is -2.18. The van der Waals surface area contributed by atoms with Gasteiger partial charge in [0.25, 0.3) is 5.91 Å². The highest BCUT2D eigenvalue weighted by molar-refractivity contribution is 7.99. The number of hydrogen-bond donors (Lipinski definition) is 1. The van der Waals surface area contributed by atoms with Gasteiger partial charge in [0.1, 0.15) is 6.33 Å². The standard InChI is InChI=1S/C21H23N5O2S/c1-3-25(4-2)20(28)16-10-12-17(13-11-16)23-19(27)14-29-21-24-22-15-26(21)18-8-6-5-7-9-18/h5-13,15H,3-4,14H2,1-2H3,(H,23,27). The van der Waals surface area contributed by atoms with Crippen molar-refractivity contribution in [2.45, 2.75) is 19.0 Å². The first-order valence-corrected chi connectivity index (χ1v) is 10.4. The Morgan fingerprint density at radius 2 is 1.72 bits per heavy atom. The van der Waals surface area contributed by atoms with Crippen LogP contribution in [0.1, 0.15) is 24.2 Å². The molecule has 2 amide bonds. The fourth-order valence-corrected chi connectivity index (χ4v) is 3.53. The Labute approximate surface area is 174 Å². The molecule has 2 aromatic carbocycles. The number of nitrogens with zero attached hydrogens (tertiary/aromatic N) is 4. The third kappa shape index (κ3) is 5.23. The fraction of sp³-hybridized carbons (Fsp3) is 0.238. The van der Waals surface area contributed by atoms with E-state index in [1.165, 1.54) is 11.8 Å². The lowest BCUT2D eigenvalue weighted by molar-refractivity contribution is -0.113. The average molecular weight is 410 g/mol. The molecule has 1 heterocycles. The summed E-state index contributed by atoms with van der Waals surface area (Å²) in [6, 6.07) is 16.7. The van der Waals surface area contributed by atoms with Crippen molar-refractivity contribution in [3.05, 3.63) is 66.5 Å². The smallest absolute Gasteiger partial charge is 0.253 e. The van der Waals surface area contributed by atoms with Crippen LogP contribution in [0, 0.1) is 0 Å². The Kier molecular flexibility index (Phi) is 7.02. The van der Waals surface area contributed by atoms with Crippen LogP contribution in [-0.2, 0) is 4.79 Å². The van der Waals surface area contributed by atoms with Crippen molar-refractivity contribution in [3.8, 4) is 5.69 Å². The molecule has 150 valence electrons. The second kappa shape index (κ2) is 9.88. The maximum Gasteiger partial charge on any atom is 0.253 e. The van der Waals surface area contributed by atoms with E-state index in [0.717, 1.165) is 5.69 Å². The van der Waals surface area contributed by atoms with Gasteiger partial charge in [0.05, 0.1) is 5.75 Å². The molecule has 1 N–H and O–H groups in total. The molecular formula is C21H23N5O2S. The van der Waals surface area contributed by atoms with E-state index < -0.39 is 0 Å². The molecule has 0 fully saturated rings. The summed E-state index contributed by atoms with van der Waals surface area (Å²) in [5.74, 6) is 0.0372. The minimum atomic E-state index is -0.152. The molecular weight excluding hydrogens is 386 g/mol. The van der Waals surface area contributed by atoms with Gasteiger partial charge < -0.3 is 10.2 Å². The summed E-state index contributed by atoms with van der Waals surface area (Å²) >= 11 is 1.31. The number of hydrogen-bond acceptors (Lipinski definition) is 5. The molecule has 29 heavy (non-hydrogen) atoms. The van der Waals surface area contributed by atoms with Crippen molar-refractivity contribution < 1.29 is 9.59 Å². The summed E-state index contributed by atoms with van der Waals surface area (Å²) in [6.45, 7) is 5.23. The molecule has 8 heteroatoms. The first-order chi connectivity index (χ1) is 14.1. The van der Waals surface area contributed by atoms with Crippen molar-refractivity contribution in [2.24, 2.45) is 0 Å². The second-order valence-corrected chi connectivity index (χ2v) is 7.15. The van der Waals surface area contributed by atoms with Crippen molar-refractivity contribution in [1.29, 1.82) is 0 Å².